The number of aryl methyl sites for hydroxylation is 1. The summed E-state index contributed by atoms with van der Waals surface area (Å²) in [6, 6.07) is 7.71. The fourth-order valence-electron chi connectivity index (χ4n) is 2.56. The van der Waals surface area contributed by atoms with Gasteiger partial charge in [0, 0.05) is 6.04 Å². The SMILES string of the molecule is Cc1cccc(C(C(C)N)N2CC(=O)NC(=O)C2)c1. The van der Waals surface area contributed by atoms with Crippen LogP contribution in [-0.4, -0.2) is 35.8 Å². The van der Waals surface area contributed by atoms with Crippen LogP contribution >= 0.6 is 0 Å². The van der Waals surface area contributed by atoms with E-state index < -0.39 is 0 Å². The van der Waals surface area contributed by atoms with Gasteiger partial charge in [-0.1, -0.05) is 29.8 Å². The van der Waals surface area contributed by atoms with Gasteiger partial charge in [0.25, 0.3) is 0 Å². The van der Waals surface area contributed by atoms with Crippen LogP contribution in [0.5, 0.6) is 0 Å². The molecule has 5 heteroatoms. The fourth-order valence-corrected chi connectivity index (χ4v) is 2.56. The van der Waals surface area contributed by atoms with E-state index in [9.17, 15) is 9.59 Å². The molecule has 1 saturated heterocycles. The van der Waals surface area contributed by atoms with Crippen molar-refractivity contribution in [3.05, 3.63) is 35.4 Å². The van der Waals surface area contributed by atoms with E-state index in [1.54, 1.807) is 0 Å². The van der Waals surface area contributed by atoms with Crippen LogP contribution < -0.4 is 11.1 Å². The topological polar surface area (TPSA) is 75.4 Å². The Balaban J connectivity index is 2.30. The monoisotopic (exact) mass is 261 g/mol. The molecule has 2 rings (SSSR count). The zero-order valence-electron chi connectivity index (χ0n) is 11.2. The highest BCUT2D eigenvalue weighted by Crippen LogP contribution is 2.24. The Morgan fingerprint density at radius 3 is 2.42 bits per heavy atom. The van der Waals surface area contributed by atoms with Gasteiger partial charge >= 0.3 is 0 Å². The molecule has 3 N–H and O–H groups in total. The van der Waals surface area contributed by atoms with Crippen molar-refractivity contribution in [2.75, 3.05) is 13.1 Å². The van der Waals surface area contributed by atoms with Crippen LogP contribution in [0.4, 0.5) is 0 Å². The molecule has 0 bridgehead atoms. The number of benzene rings is 1. The van der Waals surface area contributed by atoms with Crippen LogP contribution in [0.1, 0.15) is 24.1 Å². The molecule has 1 aromatic carbocycles. The van der Waals surface area contributed by atoms with E-state index in [2.05, 4.69) is 5.32 Å². The van der Waals surface area contributed by atoms with Gasteiger partial charge < -0.3 is 5.73 Å². The first kappa shape index (κ1) is 13.7. The van der Waals surface area contributed by atoms with E-state index in [1.807, 2.05) is 43.0 Å². The normalized spacial score (nSPS) is 19.9. The number of nitrogens with one attached hydrogen (secondary N) is 1. The second-order valence-corrected chi connectivity index (χ2v) is 5.09. The Hall–Kier alpha value is -1.72. The van der Waals surface area contributed by atoms with Crippen molar-refractivity contribution >= 4 is 11.8 Å². The molecule has 1 fully saturated rings. The number of rotatable bonds is 3. The lowest BCUT2D eigenvalue weighted by Crippen LogP contribution is -2.54. The third kappa shape index (κ3) is 3.19. The first-order valence-corrected chi connectivity index (χ1v) is 6.36. The molecule has 0 saturated carbocycles. The van der Waals surface area contributed by atoms with Crippen molar-refractivity contribution in [3.63, 3.8) is 0 Å². The maximum Gasteiger partial charge on any atom is 0.240 e. The molecule has 0 radical (unpaired) electrons. The van der Waals surface area contributed by atoms with Crippen LogP contribution in [0.25, 0.3) is 0 Å². The van der Waals surface area contributed by atoms with Gasteiger partial charge in [-0.3, -0.25) is 19.8 Å². The Morgan fingerprint density at radius 2 is 1.89 bits per heavy atom. The van der Waals surface area contributed by atoms with Crippen molar-refractivity contribution in [3.8, 4) is 0 Å². The number of nitrogens with two attached hydrogens (primary N) is 1. The van der Waals surface area contributed by atoms with Gasteiger partial charge in [0.1, 0.15) is 0 Å². The average molecular weight is 261 g/mol. The van der Waals surface area contributed by atoms with E-state index in [0.29, 0.717) is 0 Å². The van der Waals surface area contributed by atoms with Crippen LogP contribution in [0.3, 0.4) is 0 Å². The summed E-state index contributed by atoms with van der Waals surface area (Å²) < 4.78 is 0. The van der Waals surface area contributed by atoms with Gasteiger partial charge in [0.05, 0.1) is 19.1 Å². The number of carbonyl (C=O) groups excluding carboxylic acids is 2. The Kier molecular flexibility index (Phi) is 3.97. The van der Waals surface area contributed by atoms with E-state index in [4.69, 9.17) is 5.73 Å². The highest BCUT2D eigenvalue weighted by Gasteiger charge is 2.31. The number of amides is 2. The zero-order valence-corrected chi connectivity index (χ0v) is 11.2. The van der Waals surface area contributed by atoms with Crippen molar-refractivity contribution < 1.29 is 9.59 Å². The van der Waals surface area contributed by atoms with Gasteiger partial charge in [0.15, 0.2) is 0 Å². The van der Waals surface area contributed by atoms with Gasteiger partial charge in [-0.25, -0.2) is 0 Å². The summed E-state index contributed by atoms with van der Waals surface area (Å²) in [5.41, 5.74) is 8.23. The summed E-state index contributed by atoms with van der Waals surface area (Å²) in [6.45, 7) is 4.30. The molecular weight excluding hydrogens is 242 g/mol. The van der Waals surface area contributed by atoms with Gasteiger partial charge in [-0.2, -0.15) is 0 Å². The lowest BCUT2D eigenvalue weighted by atomic mass is 9.97. The molecule has 102 valence electrons. The molecule has 19 heavy (non-hydrogen) atoms. The Labute approximate surface area is 112 Å². The molecule has 0 aromatic heterocycles. The largest absolute Gasteiger partial charge is 0.326 e. The zero-order chi connectivity index (χ0) is 14.0. The fraction of sp³-hybridized carbons (Fsp3) is 0.429. The predicted octanol–water partition coefficient (Wildman–Crippen LogP) is 0.342. The molecule has 2 atom stereocenters. The van der Waals surface area contributed by atoms with E-state index >= 15 is 0 Å². The number of hydrogen-bond acceptors (Lipinski definition) is 4. The molecule has 0 spiro atoms. The average Bonchev–Trinajstić information content (AvgIpc) is 2.27. The second kappa shape index (κ2) is 5.50. The number of piperazine rings is 1. The third-order valence-electron chi connectivity index (χ3n) is 3.25. The summed E-state index contributed by atoms with van der Waals surface area (Å²) >= 11 is 0. The molecule has 1 aliphatic heterocycles. The van der Waals surface area contributed by atoms with Gasteiger partial charge in [-0.05, 0) is 19.4 Å². The van der Waals surface area contributed by atoms with E-state index in [-0.39, 0.29) is 37.0 Å². The summed E-state index contributed by atoms with van der Waals surface area (Å²) in [6.07, 6.45) is 0. The lowest BCUT2D eigenvalue weighted by Gasteiger charge is -2.35. The molecule has 2 amide bonds. The predicted molar refractivity (Wildman–Crippen MR) is 72.3 cm³/mol. The molecule has 2 unspecified atom stereocenters. The van der Waals surface area contributed by atoms with Crippen molar-refractivity contribution in [1.29, 1.82) is 0 Å². The molecule has 1 aromatic rings. The first-order valence-electron chi connectivity index (χ1n) is 6.36. The minimum absolute atomic E-state index is 0.130. The van der Waals surface area contributed by atoms with Crippen LogP contribution in [0.2, 0.25) is 0 Å². The molecule has 0 aliphatic carbocycles. The van der Waals surface area contributed by atoms with E-state index in [0.717, 1.165) is 11.1 Å². The van der Waals surface area contributed by atoms with Gasteiger partial charge in [0.2, 0.25) is 11.8 Å². The Bertz CT molecular complexity index is 483. The standard InChI is InChI=1S/C14H19N3O2/c1-9-4-3-5-11(6-9)14(10(2)15)17-7-12(18)16-13(19)8-17/h3-6,10,14H,7-8,15H2,1-2H3,(H,16,18,19). The maximum atomic E-state index is 11.5. The Morgan fingerprint density at radius 1 is 1.26 bits per heavy atom. The summed E-state index contributed by atoms with van der Waals surface area (Å²) in [5, 5.41) is 2.31. The second-order valence-electron chi connectivity index (χ2n) is 5.09. The minimum atomic E-state index is -0.269. The van der Waals surface area contributed by atoms with Crippen LogP contribution in [-0.2, 0) is 9.59 Å². The smallest absolute Gasteiger partial charge is 0.240 e. The minimum Gasteiger partial charge on any atom is -0.326 e. The lowest BCUT2D eigenvalue weighted by molar-refractivity contribution is -0.137. The highest BCUT2D eigenvalue weighted by molar-refractivity contribution is 5.99. The van der Waals surface area contributed by atoms with Gasteiger partial charge in [-0.15, -0.1) is 0 Å². The third-order valence-corrected chi connectivity index (χ3v) is 3.25. The highest BCUT2D eigenvalue weighted by atomic mass is 16.2. The van der Waals surface area contributed by atoms with E-state index in [1.165, 1.54) is 0 Å². The number of nitrogens with zero attached hydrogens (tertiary/aromatic N) is 1. The van der Waals surface area contributed by atoms with Crippen molar-refractivity contribution in [1.82, 2.24) is 10.2 Å². The van der Waals surface area contributed by atoms with Crippen LogP contribution in [0.15, 0.2) is 24.3 Å². The molecule has 1 aliphatic rings. The van der Waals surface area contributed by atoms with Crippen LogP contribution in [0, 0.1) is 6.92 Å². The van der Waals surface area contributed by atoms with Crippen molar-refractivity contribution in [2.45, 2.75) is 25.9 Å². The number of imide groups is 1. The maximum absolute atomic E-state index is 11.5. The molecule has 5 nitrogen and oxygen atoms in total. The summed E-state index contributed by atoms with van der Waals surface area (Å²) in [4.78, 5) is 24.8. The number of carbonyl (C=O) groups is 2. The van der Waals surface area contributed by atoms with Crippen molar-refractivity contribution in [2.24, 2.45) is 5.73 Å². The number of hydrogen-bond donors (Lipinski definition) is 2. The summed E-state index contributed by atoms with van der Waals surface area (Å²) in [5.74, 6) is -0.538. The summed E-state index contributed by atoms with van der Waals surface area (Å²) in [7, 11) is 0. The quantitative estimate of drug-likeness (QED) is 0.769. The first-order chi connectivity index (χ1) is 8.97. The molecule has 1 heterocycles. The molecular formula is C14H19N3O2.